The molecule has 0 amide bonds. The minimum atomic E-state index is -0.344. The van der Waals surface area contributed by atoms with Crippen LogP contribution < -0.4 is 0 Å². The molecule has 5 rings (SSSR count). The van der Waals surface area contributed by atoms with Gasteiger partial charge in [-0.1, -0.05) is 96.7 Å². The second-order valence-corrected chi connectivity index (χ2v) is 8.59. The summed E-state index contributed by atoms with van der Waals surface area (Å²) in [5, 5.41) is 9.20. The number of carbonyl (C=O) groups excluding carboxylic acids is 1. The fraction of sp³-hybridized carbons (Fsp3) is 0.0357. The highest BCUT2D eigenvalue weighted by atomic mass is 32.2. The summed E-state index contributed by atoms with van der Waals surface area (Å²) in [5.41, 5.74) is 4.27. The Balaban J connectivity index is 1.39. The summed E-state index contributed by atoms with van der Waals surface area (Å²) in [6.07, 6.45) is 0. The second-order valence-electron chi connectivity index (χ2n) is 7.64. The van der Waals surface area contributed by atoms with Crippen molar-refractivity contribution in [2.45, 2.75) is 5.16 Å². The van der Waals surface area contributed by atoms with Gasteiger partial charge in [0.15, 0.2) is 16.8 Å². The quantitative estimate of drug-likeness (QED) is 0.198. The van der Waals surface area contributed by atoms with Crippen LogP contribution in [-0.4, -0.2) is 26.3 Å². The van der Waals surface area contributed by atoms with Crippen LogP contribution in [0.5, 0.6) is 0 Å². The summed E-state index contributed by atoms with van der Waals surface area (Å²) in [6, 6.07) is 33.5. The Morgan fingerprint density at radius 3 is 2.09 bits per heavy atom. The molecule has 0 saturated carbocycles. The van der Waals surface area contributed by atoms with Gasteiger partial charge in [0.2, 0.25) is 0 Å². The summed E-state index contributed by atoms with van der Waals surface area (Å²) in [6.45, 7) is 0. The van der Waals surface area contributed by atoms with Gasteiger partial charge in [-0.05, 0) is 35.4 Å². The van der Waals surface area contributed by atoms with Crippen LogP contribution in [0.3, 0.4) is 0 Å². The molecule has 4 aromatic carbocycles. The molecule has 6 heteroatoms. The van der Waals surface area contributed by atoms with Gasteiger partial charge >= 0.3 is 0 Å². The van der Waals surface area contributed by atoms with Crippen LogP contribution in [-0.2, 0) is 0 Å². The molecule has 1 aromatic heterocycles. The number of nitrogens with zero attached hydrogens (tertiary/aromatic N) is 3. The lowest BCUT2D eigenvalue weighted by atomic mass is 10.0. The number of aromatic nitrogens is 3. The lowest BCUT2D eigenvalue weighted by Crippen LogP contribution is -2.05. The predicted molar refractivity (Wildman–Crippen MR) is 134 cm³/mol. The van der Waals surface area contributed by atoms with Crippen LogP contribution in [0.15, 0.2) is 114 Å². The predicted octanol–water partition coefficient (Wildman–Crippen LogP) is 6.72. The molecule has 1 heterocycles. The fourth-order valence-electron chi connectivity index (χ4n) is 3.68. The number of para-hydroxylation sites is 1. The standard InChI is InChI=1S/C28H20FN3OS/c29-24-11-7-10-23(18-24)27-30-31-28(32(27)25-12-5-2-6-13-25)34-19-26(33)22-16-14-21(15-17-22)20-8-3-1-4-9-20/h1-18H,19H2. The summed E-state index contributed by atoms with van der Waals surface area (Å²) in [5.74, 6) is 0.384. The minimum Gasteiger partial charge on any atom is -0.293 e. The third-order valence-corrected chi connectivity index (χ3v) is 6.31. The maximum Gasteiger partial charge on any atom is 0.196 e. The van der Waals surface area contributed by atoms with E-state index in [1.165, 1.54) is 23.9 Å². The summed E-state index contributed by atoms with van der Waals surface area (Å²) < 4.78 is 15.7. The molecule has 0 N–H and O–H groups in total. The van der Waals surface area contributed by atoms with Gasteiger partial charge in [0.05, 0.1) is 5.75 Å². The molecular formula is C28H20FN3OS. The Bertz CT molecular complexity index is 1420. The molecular weight excluding hydrogens is 445 g/mol. The number of carbonyl (C=O) groups is 1. The van der Waals surface area contributed by atoms with Gasteiger partial charge in [-0.15, -0.1) is 10.2 Å². The number of hydrogen-bond donors (Lipinski definition) is 0. The molecule has 5 aromatic rings. The SMILES string of the molecule is O=C(CSc1nnc(-c2cccc(F)c2)n1-c1ccccc1)c1ccc(-c2ccccc2)cc1. The first-order valence-electron chi connectivity index (χ1n) is 10.8. The van der Waals surface area contributed by atoms with Crippen molar-refractivity contribution >= 4 is 17.5 Å². The van der Waals surface area contributed by atoms with Crippen molar-refractivity contribution in [2.75, 3.05) is 5.75 Å². The lowest BCUT2D eigenvalue weighted by Gasteiger charge is -2.10. The van der Waals surface area contributed by atoms with E-state index in [9.17, 15) is 9.18 Å². The number of benzene rings is 4. The highest BCUT2D eigenvalue weighted by Crippen LogP contribution is 2.29. The van der Waals surface area contributed by atoms with Crippen LogP contribution in [0.2, 0.25) is 0 Å². The molecule has 0 unspecified atom stereocenters. The van der Waals surface area contributed by atoms with E-state index in [0.717, 1.165) is 16.8 Å². The van der Waals surface area contributed by atoms with Crippen molar-refractivity contribution in [3.05, 3.63) is 121 Å². The normalized spacial score (nSPS) is 10.9. The molecule has 34 heavy (non-hydrogen) atoms. The maximum atomic E-state index is 13.9. The van der Waals surface area contributed by atoms with E-state index in [2.05, 4.69) is 10.2 Å². The van der Waals surface area contributed by atoms with Crippen molar-refractivity contribution in [3.8, 4) is 28.2 Å². The third kappa shape index (κ3) is 4.67. The molecule has 0 aliphatic carbocycles. The zero-order valence-corrected chi connectivity index (χ0v) is 19.0. The Morgan fingerprint density at radius 1 is 0.735 bits per heavy atom. The van der Waals surface area contributed by atoms with E-state index in [1.807, 2.05) is 89.5 Å². The van der Waals surface area contributed by atoms with Gasteiger partial charge in [0.1, 0.15) is 5.82 Å². The smallest absolute Gasteiger partial charge is 0.196 e. The lowest BCUT2D eigenvalue weighted by molar-refractivity contribution is 0.102. The number of ketones is 1. The number of Topliss-reactive ketones (excluding diaryl/α,β-unsaturated/α-hetero) is 1. The molecule has 166 valence electrons. The van der Waals surface area contributed by atoms with E-state index >= 15 is 0 Å². The summed E-state index contributed by atoms with van der Waals surface area (Å²) in [7, 11) is 0. The van der Waals surface area contributed by atoms with Crippen molar-refractivity contribution < 1.29 is 9.18 Å². The molecule has 0 bridgehead atoms. The molecule has 0 spiro atoms. The van der Waals surface area contributed by atoms with Crippen LogP contribution in [0.4, 0.5) is 4.39 Å². The molecule has 0 fully saturated rings. The third-order valence-electron chi connectivity index (χ3n) is 5.38. The van der Waals surface area contributed by atoms with Gasteiger partial charge in [0.25, 0.3) is 0 Å². The van der Waals surface area contributed by atoms with Crippen LogP contribution in [0.25, 0.3) is 28.2 Å². The Kier molecular flexibility index (Phi) is 6.31. The first-order chi connectivity index (χ1) is 16.7. The number of hydrogen-bond acceptors (Lipinski definition) is 4. The van der Waals surface area contributed by atoms with E-state index in [4.69, 9.17) is 0 Å². The first kappa shape index (κ1) is 21.8. The van der Waals surface area contributed by atoms with Crippen LogP contribution in [0.1, 0.15) is 10.4 Å². The van der Waals surface area contributed by atoms with Crippen LogP contribution >= 0.6 is 11.8 Å². The molecule has 0 saturated heterocycles. The van der Waals surface area contributed by atoms with Crippen molar-refractivity contribution in [1.82, 2.24) is 14.8 Å². The average Bonchev–Trinajstić information content (AvgIpc) is 3.32. The first-order valence-corrected chi connectivity index (χ1v) is 11.8. The number of halogens is 1. The van der Waals surface area contributed by atoms with Gasteiger partial charge < -0.3 is 0 Å². The van der Waals surface area contributed by atoms with Gasteiger partial charge in [0, 0.05) is 16.8 Å². The highest BCUT2D eigenvalue weighted by Gasteiger charge is 2.18. The van der Waals surface area contributed by atoms with Crippen molar-refractivity contribution in [2.24, 2.45) is 0 Å². The number of thioether (sulfide) groups is 1. The summed E-state index contributed by atoms with van der Waals surface area (Å²) in [4.78, 5) is 12.9. The zero-order chi connectivity index (χ0) is 23.3. The van der Waals surface area contributed by atoms with E-state index in [0.29, 0.717) is 22.1 Å². The molecule has 0 aliphatic rings. The molecule has 0 atom stereocenters. The molecule has 0 aliphatic heterocycles. The van der Waals surface area contributed by atoms with E-state index in [1.54, 1.807) is 12.1 Å². The maximum absolute atomic E-state index is 13.9. The Hall–Kier alpha value is -4.03. The monoisotopic (exact) mass is 465 g/mol. The van der Waals surface area contributed by atoms with Crippen LogP contribution in [0, 0.1) is 5.82 Å². The largest absolute Gasteiger partial charge is 0.293 e. The zero-order valence-electron chi connectivity index (χ0n) is 18.1. The number of rotatable bonds is 7. The van der Waals surface area contributed by atoms with E-state index in [-0.39, 0.29) is 17.4 Å². The van der Waals surface area contributed by atoms with Gasteiger partial charge in [-0.3, -0.25) is 9.36 Å². The van der Waals surface area contributed by atoms with Gasteiger partial charge in [-0.25, -0.2) is 4.39 Å². The topological polar surface area (TPSA) is 47.8 Å². The molecule has 4 nitrogen and oxygen atoms in total. The van der Waals surface area contributed by atoms with E-state index < -0.39 is 0 Å². The highest BCUT2D eigenvalue weighted by molar-refractivity contribution is 7.99. The minimum absolute atomic E-state index is 0.000436. The fourth-order valence-corrected chi connectivity index (χ4v) is 4.53. The van der Waals surface area contributed by atoms with Gasteiger partial charge in [-0.2, -0.15) is 0 Å². The second kappa shape index (κ2) is 9.85. The van der Waals surface area contributed by atoms with Crippen molar-refractivity contribution in [3.63, 3.8) is 0 Å². The Labute approximate surface area is 201 Å². The average molecular weight is 466 g/mol. The Morgan fingerprint density at radius 2 is 1.38 bits per heavy atom. The van der Waals surface area contributed by atoms with Crippen molar-refractivity contribution in [1.29, 1.82) is 0 Å². The summed E-state index contributed by atoms with van der Waals surface area (Å²) >= 11 is 1.31. The molecule has 0 radical (unpaired) electrons.